The molecule has 5 heteroatoms. The van der Waals surface area contributed by atoms with Gasteiger partial charge in [0.2, 0.25) is 0 Å². The van der Waals surface area contributed by atoms with E-state index < -0.39 is 20.4 Å². The van der Waals surface area contributed by atoms with Gasteiger partial charge in [0, 0.05) is 0 Å². The van der Waals surface area contributed by atoms with Crippen LogP contribution in [0.15, 0.2) is 29.2 Å². The van der Waals surface area contributed by atoms with Crippen LogP contribution in [-0.2, 0) is 9.84 Å². The van der Waals surface area contributed by atoms with Crippen LogP contribution in [0, 0.1) is 5.82 Å². The number of hydrogen-bond donors (Lipinski definition) is 1. The first-order chi connectivity index (χ1) is 7.02. The highest BCUT2D eigenvalue weighted by molar-refractivity contribution is 7.93. The molecule has 0 aliphatic heterocycles. The van der Waals surface area contributed by atoms with Crippen LogP contribution in [0.25, 0.3) is 0 Å². The van der Waals surface area contributed by atoms with Gasteiger partial charge >= 0.3 is 0 Å². The summed E-state index contributed by atoms with van der Waals surface area (Å²) in [5.41, 5.74) is 0. The second kappa shape index (κ2) is 3.28. The Hall–Kier alpha value is -0.940. The SMILES string of the molecule is O=S(=O)(c1ccc(F)cc1)C1(CO)CC1. The number of benzene rings is 1. The lowest BCUT2D eigenvalue weighted by atomic mass is 10.3. The topological polar surface area (TPSA) is 54.4 Å². The summed E-state index contributed by atoms with van der Waals surface area (Å²) < 4.78 is 35.6. The smallest absolute Gasteiger partial charge is 0.186 e. The Kier molecular flexibility index (Phi) is 2.31. The van der Waals surface area contributed by atoms with Crippen LogP contribution < -0.4 is 0 Å². The molecule has 1 fully saturated rings. The first-order valence-corrected chi connectivity index (χ1v) is 6.11. The molecule has 0 amide bonds. The maximum absolute atomic E-state index is 12.6. The molecule has 0 heterocycles. The summed E-state index contributed by atoms with van der Waals surface area (Å²) in [7, 11) is -3.51. The minimum atomic E-state index is -3.51. The van der Waals surface area contributed by atoms with Gasteiger partial charge in [-0.2, -0.15) is 0 Å². The van der Waals surface area contributed by atoms with Gasteiger partial charge in [-0.25, -0.2) is 12.8 Å². The normalized spacial score (nSPS) is 18.8. The average molecular weight is 230 g/mol. The summed E-state index contributed by atoms with van der Waals surface area (Å²) in [6, 6.07) is 4.70. The number of hydrogen-bond acceptors (Lipinski definition) is 3. The van der Waals surface area contributed by atoms with Crippen molar-refractivity contribution >= 4 is 9.84 Å². The second-order valence-corrected chi connectivity index (χ2v) is 6.14. The lowest BCUT2D eigenvalue weighted by Gasteiger charge is -2.12. The van der Waals surface area contributed by atoms with Gasteiger partial charge in [0.05, 0.1) is 16.2 Å². The summed E-state index contributed by atoms with van der Waals surface area (Å²) in [5.74, 6) is -0.470. The van der Waals surface area contributed by atoms with Crippen LogP contribution in [0.5, 0.6) is 0 Å². The van der Waals surface area contributed by atoms with Gasteiger partial charge in [-0.15, -0.1) is 0 Å². The molecule has 0 atom stereocenters. The molecule has 1 aromatic rings. The lowest BCUT2D eigenvalue weighted by Crippen LogP contribution is -2.27. The molecule has 3 nitrogen and oxygen atoms in total. The number of aliphatic hydroxyl groups excluding tert-OH is 1. The predicted molar refractivity (Wildman–Crippen MR) is 52.6 cm³/mol. The largest absolute Gasteiger partial charge is 0.395 e. The monoisotopic (exact) mass is 230 g/mol. The van der Waals surface area contributed by atoms with Crippen LogP contribution in [0.3, 0.4) is 0 Å². The average Bonchev–Trinajstić information content (AvgIpc) is 2.99. The minimum Gasteiger partial charge on any atom is -0.395 e. The fraction of sp³-hybridized carbons (Fsp3) is 0.400. The van der Waals surface area contributed by atoms with Gasteiger partial charge in [-0.05, 0) is 37.1 Å². The quantitative estimate of drug-likeness (QED) is 0.792. The molecule has 1 aliphatic carbocycles. The van der Waals surface area contributed by atoms with Crippen LogP contribution in [0.4, 0.5) is 4.39 Å². The summed E-state index contributed by atoms with van der Waals surface area (Å²) >= 11 is 0. The number of halogens is 1. The molecule has 1 aliphatic rings. The summed E-state index contributed by atoms with van der Waals surface area (Å²) in [6.07, 6.45) is 0.951. The molecule has 82 valence electrons. The first kappa shape index (κ1) is 10.6. The molecular formula is C10H11FO3S. The van der Waals surface area contributed by atoms with Crippen molar-refractivity contribution < 1.29 is 17.9 Å². The number of aliphatic hydroxyl groups is 1. The van der Waals surface area contributed by atoms with Crippen LogP contribution >= 0.6 is 0 Å². The Morgan fingerprint density at radius 1 is 1.27 bits per heavy atom. The van der Waals surface area contributed by atoms with Gasteiger partial charge in [-0.3, -0.25) is 0 Å². The Balaban J connectivity index is 2.43. The lowest BCUT2D eigenvalue weighted by molar-refractivity contribution is 0.283. The zero-order valence-electron chi connectivity index (χ0n) is 7.98. The minimum absolute atomic E-state index is 0.0791. The van der Waals surface area contributed by atoms with E-state index in [4.69, 9.17) is 5.11 Å². The summed E-state index contributed by atoms with van der Waals surface area (Å²) in [6.45, 7) is -0.368. The standard InChI is InChI=1S/C10H11FO3S/c11-8-1-3-9(4-2-8)15(13,14)10(7-12)5-6-10/h1-4,12H,5-7H2. The van der Waals surface area contributed by atoms with Gasteiger partial charge in [0.25, 0.3) is 0 Å². The van der Waals surface area contributed by atoms with Crippen molar-refractivity contribution in [3.63, 3.8) is 0 Å². The van der Waals surface area contributed by atoms with Gasteiger partial charge in [0.1, 0.15) is 5.82 Å². The van der Waals surface area contributed by atoms with Gasteiger partial charge in [0.15, 0.2) is 9.84 Å². The third kappa shape index (κ3) is 1.55. The number of rotatable bonds is 3. The van der Waals surface area contributed by atoms with Crippen molar-refractivity contribution in [3.8, 4) is 0 Å². The molecule has 0 aromatic heterocycles. The van der Waals surface area contributed by atoms with E-state index in [0.29, 0.717) is 12.8 Å². The van der Waals surface area contributed by atoms with Crippen molar-refractivity contribution in [1.82, 2.24) is 0 Å². The Labute approximate surface area is 87.5 Å². The van der Waals surface area contributed by atoms with E-state index in [2.05, 4.69) is 0 Å². The van der Waals surface area contributed by atoms with Gasteiger partial charge in [-0.1, -0.05) is 0 Å². The molecule has 0 saturated heterocycles. The Morgan fingerprint density at radius 3 is 2.20 bits per heavy atom. The Morgan fingerprint density at radius 2 is 1.80 bits per heavy atom. The van der Waals surface area contributed by atoms with E-state index in [9.17, 15) is 12.8 Å². The molecule has 15 heavy (non-hydrogen) atoms. The highest BCUT2D eigenvalue weighted by Gasteiger charge is 2.54. The van der Waals surface area contributed by atoms with Crippen molar-refractivity contribution in [3.05, 3.63) is 30.1 Å². The molecule has 1 saturated carbocycles. The molecule has 0 bridgehead atoms. The second-order valence-electron chi connectivity index (χ2n) is 3.80. The fourth-order valence-corrected chi connectivity index (χ4v) is 3.32. The molecule has 1 aromatic carbocycles. The molecule has 2 rings (SSSR count). The fourth-order valence-electron chi connectivity index (χ4n) is 1.51. The summed E-state index contributed by atoms with van der Waals surface area (Å²) in [4.78, 5) is 0.0791. The maximum Gasteiger partial charge on any atom is 0.186 e. The molecular weight excluding hydrogens is 219 g/mol. The van der Waals surface area contributed by atoms with Crippen molar-refractivity contribution in [2.24, 2.45) is 0 Å². The van der Waals surface area contributed by atoms with E-state index >= 15 is 0 Å². The zero-order chi connectivity index (χ0) is 11.1. The predicted octanol–water partition coefficient (Wildman–Crippen LogP) is 1.12. The van der Waals surface area contributed by atoms with E-state index in [1.54, 1.807) is 0 Å². The van der Waals surface area contributed by atoms with Crippen molar-refractivity contribution in [2.75, 3.05) is 6.61 Å². The van der Waals surface area contributed by atoms with Gasteiger partial charge < -0.3 is 5.11 Å². The summed E-state index contributed by atoms with van der Waals surface area (Å²) in [5, 5.41) is 9.05. The highest BCUT2D eigenvalue weighted by Crippen LogP contribution is 2.46. The molecule has 1 N–H and O–H groups in total. The first-order valence-electron chi connectivity index (χ1n) is 4.63. The van der Waals surface area contributed by atoms with Crippen LogP contribution in [0.2, 0.25) is 0 Å². The van der Waals surface area contributed by atoms with E-state index in [1.807, 2.05) is 0 Å². The maximum atomic E-state index is 12.6. The Bertz CT molecular complexity index is 460. The number of sulfone groups is 1. The highest BCUT2D eigenvalue weighted by atomic mass is 32.2. The zero-order valence-corrected chi connectivity index (χ0v) is 8.80. The van der Waals surface area contributed by atoms with Crippen LogP contribution in [-0.4, -0.2) is 24.9 Å². The van der Waals surface area contributed by atoms with Crippen molar-refractivity contribution in [2.45, 2.75) is 22.5 Å². The van der Waals surface area contributed by atoms with Crippen LogP contribution in [0.1, 0.15) is 12.8 Å². The van der Waals surface area contributed by atoms with E-state index in [-0.39, 0.29) is 11.5 Å². The molecule has 0 spiro atoms. The molecule has 0 unspecified atom stereocenters. The molecule has 0 radical (unpaired) electrons. The van der Waals surface area contributed by atoms with E-state index in [1.165, 1.54) is 12.1 Å². The third-order valence-corrected chi connectivity index (χ3v) is 5.36. The van der Waals surface area contributed by atoms with Crippen molar-refractivity contribution in [1.29, 1.82) is 0 Å². The van der Waals surface area contributed by atoms with E-state index in [0.717, 1.165) is 12.1 Å². The third-order valence-electron chi connectivity index (χ3n) is 2.79.